The molecule has 6 nitrogen and oxygen atoms in total. The largest absolute Gasteiger partial charge is 0.507 e. The van der Waals surface area contributed by atoms with Crippen molar-refractivity contribution in [2.24, 2.45) is 0 Å². The lowest BCUT2D eigenvalue weighted by atomic mass is 9.93. The third-order valence-corrected chi connectivity index (χ3v) is 5.72. The molecular formula is C26H30FNO5. The van der Waals surface area contributed by atoms with Crippen molar-refractivity contribution in [3.63, 3.8) is 0 Å². The molecule has 1 aliphatic rings. The molecule has 1 atom stereocenters. The van der Waals surface area contributed by atoms with Crippen LogP contribution < -0.4 is 4.74 Å². The highest BCUT2D eigenvalue weighted by atomic mass is 19.1. The molecule has 1 aliphatic heterocycles. The van der Waals surface area contributed by atoms with Gasteiger partial charge in [-0.2, -0.15) is 0 Å². The molecule has 3 rings (SSSR count). The van der Waals surface area contributed by atoms with Gasteiger partial charge in [0.15, 0.2) is 0 Å². The maximum absolute atomic E-state index is 13.6. The van der Waals surface area contributed by atoms with Gasteiger partial charge in [-0.05, 0) is 75.1 Å². The molecule has 176 valence electrons. The van der Waals surface area contributed by atoms with Crippen molar-refractivity contribution >= 4 is 17.4 Å². The van der Waals surface area contributed by atoms with Gasteiger partial charge in [0.2, 0.25) is 0 Å². The number of likely N-dealkylation sites (tertiary alicyclic amines) is 1. The summed E-state index contributed by atoms with van der Waals surface area (Å²) >= 11 is 0. The second kappa shape index (κ2) is 10.2. The number of carbonyl (C=O) groups is 2. The van der Waals surface area contributed by atoms with E-state index in [0.29, 0.717) is 35.5 Å². The van der Waals surface area contributed by atoms with Crippen LogP contribution in [0.2, 0.25) is 0 Å². The van der Waals surface area contributed by atoms with E-state index < -0.39 is 23.5 Å². The number of aryl methyl sites for hydroxylation is 2. The van der Waals surface area contributed by atoms with Gasteiger partial charge in [-0.15, -0.1) is 0 Å². The molecule has 1 heterocycles. The number of ketones is 1. The molecule has 0 radical (unpaired) electrons. The molecule has 1 amide bonds. The summed E-state index contributed by atoms with van der Waals surface area (Å²) in [6.07, 6.45) is 0.568. The fourth-order valence-corrected chi connectivity index (χ4v) is 4.07. The number of rotatable bonds is 8. The summed E-state index contributed by atoms with van der Waals surface area (Å²) in [4.78, 5) is 27.5. The zero-order chi connectivity index (χ0) is 24.3. The number of amides is 1. The summed E-state index contributed by atoms with van der Waals surface area (Å²) in [5.41, 5.74) is 2.46. The Bertz CT molecular complexity index is 1070. The van der Waals surface area contributed by atoms with Crippen molar-refractivity contribution in [1.29, 1.82) is 0 Å². The molecule has 0 spiro atoms. The molecule has 1 unspecified atom stereocenters. The van der Waals surface area contributed by atoms with E-state index in [0.717, 1.165) is 5.56 Å². The van der Waals surface area contributed by atoms with E-state index in [4.69, 9.17) is 9.47 Å². The topological polar surface area (TPSA) is 76.1 Å². The van der Waals surface area contributed by atoms with Crippen LogP contribution in [-0.2, 0) is 14.3 Å². The second-order valence-electron chi connectivity index (χ2n) is 8.45. The van der Waals surface area contributed by atoms with Crippen LogP contribution in [-0.4, -0.2) is 48.1 Å². The standard InChI is InChI=1S/C26H30FNO5/c1-15(2)33-12-6-11-28-23(18-7-9-19(27)10-8-18)22(25(30)26(28)31)24(29)20-13-17(4)21(32-5)14-16(20)3/h7-10,13-15,23,29H,6,11-12H2,1-5H3/b24-22+. The van der Waals surface area contributed by atoms with E-state index in [1.807, 2.05) is 20.8 Å². The molecule has 0 saturated carbocycles. The first-order valence-electron chi connectivity index (χ1n) is 11.0. The predicted octanol–water partition coefficient (Wildman–Crippen LogP) is 4.69. The zero-order valence-electron chi connectivity index (χ0n) is 19.6. The number of hydrogen-bond donors (Lipinski definition) is 1. The van der Waals surface area contributed by atoms with Crippen LogP contribution in [0.4, 0.5) is 4.39 Å². The first-order chi connectivity index (χ1) is 15.6. The first kappa shape index (κ1) is 24.5. The molecule has 2 aromatic rings. The average Bonchev–Trinajstić information content (AvgIpc) is 3.02. The summed E-state index contributed by atoms with van der Waals surface area (Å²) in [5.74, 6) is -1.49. The lowest BCUT2D eigenvalue weighted by molar-refractivity contribution is -0.140. The zero-order valence-corrected chi connectivity index (χ0v) is 19.6. The fraction of sp³-hybridized carbons (Fsp3) is 0.385. The maximum atomic E-state index is 13.6. The van der Waals surface area contributed by atoms with Crippen LogP contribution in [0.3, 0.4) is 0 Å². The Morgan fingerprint density at radius 1 is 1.12 bits per heavy atom. The molecule has 0 aromatic heterocycles. The maximum Gasteiger partial charge on any atom is 0.295 e. The number of benzene rings is 2. The minimum Gasteiger partial charge on any atom is -0.507 e. The summed E-state index contributed by atoms with van der Waals surface area (Å²) < 4.78 is 24.5. The number of nitrogens with zero attached hydrogens (tertiary/aromatic N) is 1. The van der Waals surface area contributed by atoms with E-state index in [1.165, 1.54) is 29.2 Å². The van der Waals surface area contributed by atoms with Gasteiger partial charge in [-0.25, -0.2) is 4.39 Å². The number of ether oxygens (including phenoxy) is 2. The average molecular weight is 456 g/mol. The number of Topliss-reactive ketones (excluding diaryl/α,β-unsaturated/α-hetero) is 1. The van der Waals surface area contributed by atoms with Gasteiger partial charge < -0.3 is 19.5 Å². The van der Waals surface area contributed by atoms with Crippen LogP contribution in [0.5, 0.6) is 5.75 Å². The van der Waals surface area contributed by atoms with Gasteiger partial charge in [-0.3, -0.25) is 9.59 Å². The molecule has 0 aliphatic carbocycles. The van der Waals surface area contributed by atoms with E-state index in [1.54, 1.807) is 26.2 Å². The predicted molar refractivity (Wildman–Crippen MR) is 124 cm³/mol. The van der Waals surface area contributed by atoms with Crippen molar-refractivity contribution in [2.75, 3.05) is 20.3 Å². The summed E-state index contributed by atoms with van der Waals surface area (Å²) in [6.45, 7) is 8.15. The lowest BCUT2D eigenvalue weighted by Crippen LogP contribution is -2.31. The Kier molecular flexibility index (Phi) is 7.53. The number of hydrogen-bond acceptors (Lipinski definition) is 5. The molecule has 1 N–H and O–H groups in total. The number of carbonyl (C=O) groups excluding carboxylic acids is 2. The molecule has 0 bridgehead atoms. The van der Waals surface area contributed by atoms with Gasteiger partial charge in [0.25, 0.3) is 11.7 Å². The van der Waals surface area contributed by atoms with Gasteiger partial charge in [0.05, 0.1) is 24.8 Å². The summed E-state index contributed by atoms with van der Waals surface area (Å²) in [6, 6.07) is 8.30. The highest BCUT2D eigenvalue weighted by Crippen LogP contribution is 2.40. The number of aliphatic hydroxyl groups excluding tert-OH is 1. The first-order valence-corrected chi connectivity index (χ1v) is 11.0. The van der Waals surface area contributed by atoms with Crippen molar-refractivity contribution < 1.29 is 28.6 Å². The Hall–Kier alpha value is -3.19. The quantitative estimate of drug-likeness (QED) is 0.271. The van der Waals surface area contributed by atoms with E-state index >= 15 is 0 Å². The van der Waals surface area contributed by atoms with Crippen LogP contribution in [0, 0.1) is 19.7 Å². The number of methoxy groups -OCH3 is 1. The number of aliphatic hydroxyl groups is 1. The smallest absolute Gasteiger partial charge is 0.295 e. The normalized spacial score (nSPS) is 17.8. The Morgan fingerprint density at radius 2 is 1.79 bits per heavy atom. The summed E-state index contributed by atoms with van der Waals surface area (Å²) in [7, 11) is 1.56. The van der Waals surface area contributed by atoms with Crippen LogP contribution >= 0.6 is 0 Å². The third-order valence-electron chi connectivity index (χ3n) is 5.72. The highest BCUT2D eigenvalue weighted by Gasteiger charge is 2.46. The third kappa shape index (κ3) is 5.09. The van der Waals surface area contributed by atoms with E-state index in [2.05, 4.69) is 0 Å². The summed E-state index contributed by atoms with van der Waals surface area (Å²) in [5, 5.41) is 11.3. The van der Waals surface area contributed by atoms with Crippen molar-refractivity contribution in [1.82, 2.24) is 4.90 Å². The van der Waals surface area contributed by atoms with Gasteiger partial charge in [0.1, 0.15) is 17.3 Å². The molecule has 1 saturated heterocycles. The van der Waals surface area contributed by atoms with E-state index in [-0.39, 0.29) is 24.0 Å². The van der Waals surface area contributed by atoms with E-state index in [9.17, 15) is 19.1 Å². The SMILES string of the molecule is COc1cc(C)c(/C(O)=C2\C(=O)C(=O)N(CCCOC(C)C)C2c2ccc(F)cc2)cc1C. The van der Waals surface area contributed by atoms with Crippen molar-refractivity contribution in [3.8, 4) is 5.75 Å². The molecule has 2 aromatic carbocycles. The van der Waals surface area contributed by atoms with Crippen molar-refractivity contribution in [2.45, 2.75) is 46.3 Å². The molecule has 1 fully saturated rings. The van der Waals surface area contributed by atoms with Crippen LogP contribution in [0.1, 0.15) is 48.6 Å². The van der Waals surface area contributed by atoms with Crippen molar-refractivity contribution in [3.05, 3.63) is 70.0 Å². The van der Waals surface area contributed by atoms with Gasteiger partial charge in [-0.1, -0.05) is 12.1 Å². The van der Waals surface area contributed by atoms with Crippen LogP contribution in [0.25, 0.3) is 5.76 Å². The van der Waals surface area contributed by atoms with Gasteiger partial charge >= 0.3 is 0 Å². The minimum atomic E-state index is -0.827. The highest BCUT2D eigenvalue weighted by molar-refractivity contribution is 6.46. The minimum absolute atomic E-state index is 0.0101. The molecular weight excluding hydrogens is 425 g/mol. The molecule has 7 heteroatoms. The van der Waals surface area contributed by atoms with Crippen LogP contribution in [0.15, 0.2) is 42.0 Å². The Balaban J connectivity index is 2.09. The molecule has 33 heavy (non-hydrogen) atoms. The van der Waals surface area contributed by atoms with Gasteiger partial charge in [0, 0.05) is 18.7 Å². The fourth-order valence-electron chi connectivity index (χ4n) is 4.07. The Morgan fingerprint density at radius 3 is 2.39 bits per heavy atom. The monoisotopic (exact) mass is 455 g/mol. The second-order valence-corrected chi connectivity index (χ2v) is 8.45. The Labute approximate surface area is 193 Å². The lowest BCUT2D eigenvalue weighted by Gasteiger charge is -2.25. The number of halogens is 1.